The van der Waals surface area contributed by atoms with E-state index in [0.29, 0.717) is 12.8 Å². The number of carbonyl (C=O) groups excluding carboxylic acids is 2. The van der Waals surface area contributed by atoms with Crippen molar-refractivity contribution < 1.29 is 24.0 Å². The Morgan fingerprint density at radius 1 is 0.889 bits per heavy atom. The van der Waals surface area contributed by atoms with Crippen LogP contribution in [-0.4, -0.2) is 30.1 Å². The van der Waals surface area contributed by atoms with E-state index in [2.05, 4.69) is 13.2 Å². The average Bonchev–Trinajstić information content (AvgIpc) is 2.66. The van der Waals surface area contributed by atoms with Crippen molar-refractivity contribution >= 4 is 17.6 Å². The third-order valence-corrected chi connectivity index (χ3v) is 3.67. The van der Waals surface area contributed by atoms with Crippen LogP contribution in [0.2, 0.25) is 0 Å². The number of rotatable bonds is 13. The summed E-state index contributed by atoms with van der Waals surface area (Å²) in [7, 11) is 0. The second-order valence-electron chi connectivity index (χ2n) is 5.87. The predicted octanol–water partition coefficient (Wildman–Crippen LogP) is 4.62. The minimum atomic E-state index is -0.711. The summed E-state index contributed by atoms with van der Waals surface area (Å²) in [4.78, 5) is 34.7. The second kappa shape index (κ2) is 12.4. The first-order valence-corrected chi connectivity index (χ1v) is 8.85. The van der Waals surface area contributed by atoms with Crippen molar-refractivity contribution in [3.05, 3.63) is 64.8 Å². The van der Waals surface area contributed by atoms with Gasteiger partial charge < -0.3 is 9.47 Å². The molecule has 1 rings (SSSR count). The van der Waals surface area contributed by atoms with E-state index in [0.717, 1.165) is 37.8 Å². The monoisotopic (exact) mass is 375 g/mol. The number of carbonyl (C=O) groups is 2. The zero-order chi connectivity index (χ0) is 20.1. The molecule has 1 aromatic rings. The van der Waals surface area contributed by atoms with Crippen molar-refractivity contribution in [3.8, 4) is 0 Å². The summed E-state index contributed by atoms with van der Waals surface area (Å²) in [5, 5.41) is 11.1. The van der Waals surface area contributed by atoms with Crippen LogP contribution in [0, 0.1) is 10.1 Å². The first-order chi connectivity index (χ1) is 13.0. The molecule has 0 atom stereocenters. The Labute approximate surface area is 158 Å². The van der Waals surface area contributed by atoms with Crippen molar-refractivity contribution in [3.63, 3.8) is 0 Å². The Balaban J connectivity index is 2.76. The molecule has 0 fully saturated rings. The van der Waals surface area contributed by atoms with Crippen LogP contribution in [0.15, 0.2) is 43.5 Å². The fourth-order valence-electron chi connectivity index (χ4n) is 2.23. The lowest BCUT2D eigenvalue weighted by Gasteiger charge is -2.08. The lowest BCUT2D eigenvalue weighted by molar-refractivity contribution is -0.384. The molecule has 0 radical (unpaired) electrons. The molecule has 0 N–H and O–H groups in total. The average molecular weight is 375 g/mol. The molecule has 0 amide bonds. The fourth-order valence-corrected chi connectivity index (χ4v) is 2.23. The van der Waals surface area contributed by atoms with Crippen molar-refractivity contribution in [1.82, 2.24) is 0 Å². The summed E-state index contributed by atoms with van der Waals surface area (Å²) >= 11 is 0. The predicted molar refractivity (Wildman–Crippen MR) is 102 cm³/mol. The summed E-state index contributed by atoms with van der Waals surface area (Å²) in [6.45, 7) is 7.60. The highest BCUT2D eigenvalue weighted by atomic mass is 16.6. The van der Waals surface area contributed by atoms with Gasteiger partial charge in [0.05, 0.1) is 29.3 Å². The molecule has 0 bridgehead atoms. The van der Waals surface area contributed by atoms with Gasteiger partial charge in [0.25, 0.3) is 5.69 Å². The smallest absolute Gasteiger partial charge is 0.338 e. The number of nitro groups is 1. The van der Waals surface area contributed by atoms with Crippen LogP contribution in [-0.2, 0) is 9.47 Å². The standard InChI is InChI=1S/C20H25NO6/c1-3-5-7-9-11-26-19(22)16-13-17(15-18(14-16)21(24)25)20(23)27-12-10-8-6-4-2/h3-4,13-15H,1-2,5-12H2. The number of ether oxygens (including phenoxy) is 2. The van der Waals surface area contributed by atoms with Crippen molar-refractivity contribution in [2.24, 2.45) is 0 Å². The van der Waals surface area contributed by atoms with Crippen LogP contribution in [0.1, 0.15) is 59.2 Å². The van der Waals surface area contributed by atoms with Crippen LogP contribution in [0.4, 0.5) is 5.69 Å². The van der Waals surface area contributed by atoms with E-state index < -0.39 is 16.9 Å². The van der Waals surface area contributed by atoms with E-state index in [1.54, 1.807) is 12.2 Å². The van der Waals surface area contributed by atoms with Gasteiger partial charge in [-0.05, 0) is 44.6 Å². The molecular formula is C20H25NO6. The Morgan fingerprint density at radius 3 is 1.70 bits per heavy atom. The number of hydrogen-bond acceptors (Lipinski definition) is 6. The summed E-state index contributed by atoms with van der Waals surface area (Å²) in [6.07, 6.45) is 8.16. The first-order valence-electron chi connectivity index (χ1n) is 8.85. The second-order valence-corrected chi connectivity index (χ2v) is 5.87. The Morgan fingerprint density at radius 2 is 1.33 bits per heavy atom. The number of esters is 2. The Hall–Kier alpha value is -2.96. The van der Waals surface area contributed by atoms with E-state index in [1.165, 1.54) is 6.07 Å². The Bertz CT molecular complexity index is 635. The molecule has 0 aliphatic rings. The molecule has 0 saturated heterocycles. The molecule has 0 unspecified atom stereocenters. The first kappa shape index (κ1) is 22.1. The number of nitrogens with zero attached hydrogens (tertiary/aromatic N) is 1. The fraction of sp³-hybridized carbons (Fsp3) is 0.400. The maximum Gasteiger partial charge on any atom is 0.338 e. The van der Waals surface area contributed by atoms with Gasteiger partial charge in [0.2, 0.25) is 0 Å². The van der Waals surface area contributed by atoms with Gasteiger partial charge in [0, 0.05) is 12.1 Å². The maximum absolute atomic E-state index is 12.1. The maximum atomic E-state index is 12.1. The van der Waals surface area contributed by atoms with Gasteiger partial charge in [0.1, 0.15) is 0 Å². The van der Waals surface area contributed by atoms with Crippen molar-refractivity contribution in [2.45, 2.75) is 38.5 Å². The lowest BCUT2D eigenvalue weighted by atomic mass is 10.1. The molecule has 0 aliphatic heterocycles. The zero-order valence-corrected chi connectivity index (χ0v) is 15.4. The molecule has 0 heterocycles. The third kappa shape index (κ3) is 8.31. The molecule has 0 saturated carbocycles. The van der Waals surface area contributed by atoms with E-state index in [9.17, 15) is 19.7 Å². The largest absolute Gasteiger partial charge is 0.462 e. The molecule has 7 nitrogen and oxygen atoms in total. The Kier molecular flexibility index (Phi) is 10.1. The molecule has 27 heavy (non-hydrogen) atoms. The normalized spacial score (nSPS) is 10.1. The van der Waals surface area contributed by atoms with Crippen molar-refractivity contribution in [1.29, 1.82) is 0 Å². The molecule has 7 heteroatoms. The molecule has 146 valence electrons. The third-order valence-electron chi connectivity index (χ3n) is 3.67. The quantitative estimate of drug-likeness (QED) is 0.164. The molecule has 1 aromatic carbocycles. The number of non-ortho nitro benzene ring substituents is 1. The summed E-state index contributed by atoms with van der Waals surface area (Å²) in [5.74, 6) is -1.42. The highest BCUT2D eigenvalue weighted by molar-refractivity contribution is 5.96. The number of unbranched alkanes of at least 4 members (excludes halogenated alkanes) is 4. The van der Waals surface area contributed by atoms with Gasteiger partial charge >= 0.3 is 11.9 Å². The summed E-state index contributed by atoms with van der Waals surface area (Å²) in [5.41, 5.74) is -0.465. The molecule has 0 aromatic heterocycles. The molecular weight excluding hydrogens is 350 g/mol. The van der Waals surface area contributed by atoms with Crippen LogP contribution in [0.25, 0.3) is 0 Å². The van der Waals surface area contributed by atoms with Gasteiger partial charge in [-0.2, -0.15) is 0 Å². The van der Waals surface area contributed by atoms with Crippen LogP contribution in [0.3, 0.4) is 0 Å². The topological polar surface area (TPSA) is 95.7 Å². The highest BCUT2D eigenvalue weighted by Crippen LogP contribution is 2.19. The van der Waals surface area contributed by atoms with Gasteiger partial charge in [0.15, 0.2) is 0 Å². The zero-order valence-electron chi connectivity index (χ0n) is 15.4. The minimum Gasteiger partial charge on any atom is -0.462 e. The van der Waals surface area contributed by atoms with E-state index >= 15 is 0 Å². The van der Waals surface area contributed by atoms with E-state index in [4.69, 9.17) is 9.47 Å². The van der Waals surface area contributed by atoms with Crippen LogP contribution >= 0.6 is 0 Å². The SMILES string of the molecule is C=CCCCCOC(=O)c1cc(C(=O)OCCCCC=C)cc([N+](=O)[O-])c1. The van der Waals surface area contributed by atoms with Crippen molar-refractivity contribution in [2.75, 3.05) is 13.2 Å². The van der Waals surface area contributed by atoms with Gasteiger partial charge in [-0.25, -0.2) is 9.59 Å². The highest BCUT2D eigenvalue weighted by Gasteiger charge is 2.19. The van der Waals surface area contributed by atoms with Gasteiger partial charge in [-0.3, -0.25) is 10.1 Å². The summed E-state index contributed by atoms with van der Waals surface area (Å²) in [6, 6.07) is 3.44. The molecule has 0 aliphatic carbocycles. The van der Waals surface area contributed by atoms with Crippen LogP contribution in [0.5, 0.6) is 0 Å². The van der Waals surface area contributed by atoms with Gasteiger partial charge in [-0.1, -0.05) is 12.2 Å². The van der Waals surface area contributed by atoms with E-state index in [-0.39, 0.29) is 30.0 Å². The number of allylic oxidation sites excluding steroid dienone is 2. The lowest BCUT2D eigenvalue weighted by Crippen LogP contribution is -2.11. The minimum absolute atomic E-state index is 0.0495. The van der Waals surface area contributed by atoms with Crippen LogP contribution < -0.4 is 0 Å². The summed E-state index contributed by atoms with van der Waals surface area (Å²) < 4.78 is 10.2. The molecule has 0 spiro atoms. The number of hydrogen-bond donors (Lipinski definition) is 0. The number of benzene rings is 1. The number of nitro benzene ring substituents is 1. The van der Waals surface area contributed by atoms with E-state index in [1.807, 2.05) is 0 Å². The van der Waals surface area contributed by atoms with Gasteiger partial charge in [-0.15, -0.1) is 13.2 Å².